The highest BCUT2D eigenvalue weighted by atomic mass is 32.2. The molecule has 0 aliphatic carbocycles. The molecule has 1 fully saturated rings. The van der Waals surface area contributed by atoms with E-state index in [-0.39, 0.29) is 29.9 Å². The fourth-order valence-electron chi connectivity index (χ4n) is 3.62. The maximum absolute atomic E-state index is 12.7. The van der Waals surface area contributed by atoms with E-state index in [1.54, 1.807) is 36.3 Å². The molecule has 2 heterocycles. The van der Waals surface area contributed by atoms with Gasteiger partial charge in [0, 0.05) is 35.5 Å². The number of hydrogen-bond acceptors (Lipinski definition) is 7. The van der Waals surface area contributed by atoms with Crippen molar-refractivity contribution in [1.29, 1.82) is 0 Å². The summed E-state index contributed by atoms with van der Waals surface area (Å²) in [5, 5.41) is 8.04. The average molecular weight is 511 g/mol. The van der Waals surface area contributed by atoms with Gasteiger partial charge in [-0.1, -0.05) is 17.7 Å². The van der Waals surface area contributed by atoms with E-state index in [0.717, 1.165) is 22.7 Å². The van der Waals surface area contributed by atoms with E-state index < -0.39 is 5.92 Å². The summed E-state index contributed by atoms with van der Waals surface area (Å²) in [6.07, 6.45) is 0.178. The second kappa shape index (κ2) is 11.4. The number of amides is 3. The van der Waals surface area contributed by atoms with Crippen molar-refractivity contribution in [2.24, 2.45) is 5.92 Å². The van der Waals surface area contributed by atoms with Gasteiger partial charge in [0.2, 0.25) is 17.7 Å². The zero-order chi connectivity index (χ0) is 24.8. The van der Waals surface area contributed by atoms with Crippen molar-refractivity contribution in [2.75, 3.05) is 34.9 Å². The number of ether oxygens (including phenoxy) is 1. The van der Waals surface area contributed by atoms with Gasteiger partial charge in [0.15, 0.2) is 5.13 Å². The lowest BCUT2D eigenvalue weighted by Gasteiger charge is -2.16. The van der Waals surface area contributed by atoms with Crippen LogP contribution in [0.25, 0.3) is 0 Å². The summed E-state index contributed by atoms with van der Waals surface area (Å²) in [5.74, 6) is 0.765. The number of nitrogens with one attached hydrogen (secondary N) is 2. The molecule has 10 heteroatoms. The van der Waals surface area contributed by atoms with Gasteiger partial charge in [0.1, 0.15) is 5.75 Å². The third-order valence-electron chi connectivity index (χ3n) is 5.48. The van der Waals surface area contributed by atoms with Crippen molar-refractivity contribution in [3.05, 3.63) is 65.2 Å². The number of methoxy groups -OCH3 is 1. The summed E-state index contributed by atoms with van der Waals surface area (Å²) in [5.41, 5.74) is 3.42. The maximum Gasteiger partial charge on any atom is 0.234 e. The largest absolute Gasteiger partial charge is 0.497 e. The van der Waals surface area contributed by atoms with Crippen LogP contribution in [0, 0.1) is 12.8 Å². The normalized spacial score (nSPS) is 15.2. The quantitative estimate of drug-likeness (QED) is 0.445. The van der Waals surface area contributed by atoms with Crippen LogP contribution >= 0.6 is 23.1 Å². The summed E-state index contributed by atoms with van der Waals surface area (Å²) in [6.45, 7) is 2.34. The Balaban J connectivity index is 1.22. The van der Waals surface area contributed by atoms with Crippen LogP contribution in [0.3, 0.4) is 0 Å². The molecule has 3 amide bonds. The highest BCUT2D eigenvalue weighted by molar-refractivity contribution is 7.99. The predicted octanol–water partition coefficient (Wildman–Crippen LogP) is 4.32. The lowest BCUT2D eigenvalue weighted by Crippen LogP contribution is -2.28. The van der Waals surface area contributed by atoms with E-state index in [2.05, 4.69) is 15.6 Å². The molecule has 35 heavy (non-hydrogen) atoms. The first kappa shape index (κ1) is 24.7. The molecule has 4 rings (SSSR count). The molecule has 1 unspecified atom stereocenters. The van der Waals surface area contributed by atoms with Gasteiger partial charge in [-0.05, 0) is 43.3 Å². The predicted molar refractivity (Wildman–Crippen MR) is 140 cm³/mol. The Hall–Kier alpha value is -3.37. The Bertz CT molecular complexity index is 1190. The number of rotatable bonds is 9. The second-order valence-electron chi connectivity index (χ2n) is 8.14. The van der Waals surface area contributed by atoms with Crippen molar-refractivity contribution < 1.29 is 19.1 Å². The lowest BCUT2D eigenvalue weighted by atomic mass is 10.1. The minimum Gasteiger partial charge on any atom is -0.497 e. The van der Waals surface area contributed by atoms with E-state index in [0.29, 0.717) is 23.1 Å². The summed E-state index contributed by atoms with van der Waals surface area (Å²) in [7, 11) is 1.59. The minimum atomic E-state index is -0.424. The average Bonchev–Trinajstić information content (AvgIpc) is 3.46. The molecule has 1 saturated heterocycles. The van der Waals surface area contributed by atoms with E-state index in [9.17, 15) is 14.4 Å². The number of carbonyl (C=O) groups is 3. The maximum atomic E-state index is 12.7. The SMILES string of the molecule is COc1ccc(NC(=O)CSCc2csc(NC(=O)C3CC(=O)N(c4ccc(C)cc4)C3)n2)cc1. The van der Waals surface area contributed by atoms with Gasteiger partial charge < -0.3 is 20.3 Å². The number of hydrogen-bond donors (Lipinski definition) is 2. The zero-order valence-electron chi connectivity index (χ0n) is 19.4. The molecule has 0 bridgehead atoms. The Morgan fingerprint density at radius 1 is 1.14 bits per heavy atom. The van der Waals surface area contributed by atoms with Gasteiger partial charge in [-0.3, -0.25) is 14.4 Å². The third kappa shape index (κ3) is 6.61. The molecular formula is C25H26N4O4S2. The fraction of sp³-hybridized carbons (Fsp3) is 0.280. The minimum absolute atomic E-state index is 0.0573. The topological polar surface area (TPSA) is 101 Å². The van der Waals surface area contributed by atoms with Crippen molar-refractivity contribution in [3.8, 4) is 5.75 Å². The van der Waals surface area contributed by atoms with Crippen LogP contribution in [0.1, 0.15) is 17.7 Å². The number of nitrogens with zero attached hydrogens (tertiary/aromatic N) is 2. The molecule has 1 aromatic heterocycles. The molecule has 0 spiro atoms. The molecular weight excluding hydrogens is 484 g/mol. The fourth-order valence-corrected chi connectivity index (χ4v) is 5.15. The van der Waals surface area contributed by atoms with Crippen molar-refractivity contribution >= 4 is 57.3 Å². The Labute approximate surface area is 212 Å². The highest BCUT2D eigenvalue weighted by Crippen LogP contribution is 2.27. The molecule has 0 saturated carbocycles. The number of benzene rings is 2. The molecule has 1 aliphatic rings. The number of aryl methyl sites for hydroxylation is 1. The number of aromatic nitrogens is 1. The first-order chi connectivity index (χ1) is 16.9. The van der Waals surface area contributed by atoms with Gasteiger partial charge in [0.25, 0.3) is 0 Å². The number of thioether (sulfide) groups is 1. The van der Waals surface area contributed by atoms with Crippen LogP contribution < -0.4 is 20.3 Å². The van der Waals surface area contributed by atoms with Crippen LogP contribution in [0.15, 0.2) is 53.9 Å². The molecule has 0 radical (unpaired) electrons. The van der Waals surface area contributed by atoms with Crippen LogP contribution in [0.5, 0.6) is 5.75 Å². The standard InChI is InChI=1S/C25H26N4O4S2/c1-16-3-7-20(8-4-16)29-12-17(11-23(29)31)24(32)28-25-27-19(14-35-25)13-34-15-22(30)26-18-5-9-21(33-2)10-6-18/h3-10,14,17H,11-13,15H2,1-2H3,(H,26,30)(H,27,28,32). The van der Waals surface area contributed by atoms with Crippen molar-refractivity contribution in [3.63, 3.8) is 0 Å². The van der Waals surface area contributed by atoms with Crippen molar-refractivity contribution in [1.82, 2.24) is 4.98 Å². The first-order valence-corrected chi connectivity index (χ1v) is 13.1. The van der Waals surface area contributed by atoms with Crippen molar-refractivity contribution in [2.45, 2.75) is 19.1 Å². The van der Waals surface area contributed by atoms with E-state index in [4.69, 9.17) is 4.74 Å². The van der Waals surface area contributed by atoms with Gasteiger partial charge in [-0.2, -0.15) is 0 Å². The molecule has 182 valence electrons. The Kier molecular flexibility index (Phi) is 8.04. The van der Waals surface area contributed by atoms with Gasteiger partial charge in [-0.15, -0.1) is 23.1 Å². The number of anilines is 3. The van der Waals surface area contributed by atoms with E-state index >= 15 is 0 Å². The smallest absolute Gasteiger partial charge is 0.234 e. The summed E-state index contributed by atoms with van der Waals surface area (Å²) in [4.78, 5) is 43.4. The first-order valence-electron chi connectivity index (χ1n) is 11.0. The van der Waals surface area contributed by atoms with Gasteiger partial charge in [0.05, 0.1) is 24.5 Å². The molecule has 2 aromatic carbocycles. The van der Waals surface area contributed by atoms with E-state index in [1.807, 2.05) is 36.6 Å². The summed E-state index contributed by atoms with van der Waals surface area (Å²) in [6, 6.07) is 14.8. The Morgan fingerprint density at radius 2 is 1.89 bits per heavy atom. The molecule has 2 N–H and O–H groups in total. The second-order valence-corrected chi connectivity index (χ2v) is 9.99. The zero-order valence-corrected chi connectivity index (χ0v) is 21.1. The molecule has 8 nitrogen and oxygen atoms in total. The van der Waals surface area contributed by atoms with Crippen LogP contribution in [-0.2, 0) is 20.1 Å². The highest BCUT2D eigenvalue weighted by Gasteiger charge is 2.35. The Morgan fingerprint density at radius 3 is 2.60 bits per heavy atom. The molecule has 3 aromatic rings. The number of thiazole rings is 1. The van der Waals surface area contributed by atoms with Crippen LogP contribution in [0.4, 0.5) is 16.5 Å². The molecule has 1 atom stereocenters. The monoisotopic (exact) mass is 510 g/mol. The summed E-state index contributed by atoms with van der Waals surface area (Å²) < 4.78 is 5.11. The van der Waals surface area contributed by atoms with Crippen LogP contribution in [0.2, 0.25) is 0 Å². The molecule has 1 aliphatic heterocycles. The summed E-state index contributed by atoms with van der Waals surface area (Å²) >= 11 is 2.78. The van der Waals surface area contributed by atoms with Gasteiger partial charge in [-0.25, -0.2) is 4.98 Å². The number of carbonyl (C=O) groups excluding carboxylic acids is 3. The lowest BCUT2D eigenvalue weighted by molar-refractivity contribution is -0.122. The third-order valence-corrected chi connectivity index (χ3v) is 7.25. The van der Waals surface area contributed by atoms with Crippen LogP contribution in [-0.4, -0.2) is 42.1 Å². The van der Waals surface area contributed by atoms with E-state index in [1.165, 1.54) is 23.1 Å². The van der Waals surface area contributed by atoms with Gasteiger partial charge >= 0.3 is 0 Å².